The van der Waals surface area contributed by atoms with E-state index in [4.69, 9.17) is 0 Å². The third kappa shape index (κ3) is 5.02. The van der Waals surface area contributed by atoms with E-state index in [1.807, 2.05) is 4.90 Å². The van der Waals surface area contributed by atoms with Gasteiger partial charge < -0.3 is 9.88 Å². The first-order valence-electron chi connectivity index (χ1n) is 6.46. The summed E-state index contributed by atoms with van der Waals surface area (Å²) >= 11 is 0. The number of carbonyl (C=O) groups excluding carboxylic acids is 1. The van der Waals surface area contributed by atoms with Gasteiger partial charge in [0, 0.05) is 32.1 Å². The number of nitrogens with zero attached hydrogens (tertiary/aromatic N) is 2. The lowest BCUT2D eigenvalue weighted by Crippen LogP contribution is -2.32. The summed E-state index contributed by atoms with van der Waals surface area (Å²) in [6.45, 7) is 5.96. The molecule has 1 heterocycles. The highest BCUT2D eigenvalue weighted by atomic mass is 16.2. The van der Waals surface area contributed by atoms with E-state index < -0.39 is 0 Å². The van der Waals surface area contributed by atoms with Gasteiger partial charge in [0.05, 0.1) is 0 Å². The molecule has 0 aliphatic heterocycles. The number of rotatable bonds is 8. The zero-order chi connectivity index (χ0) is 12.5. The first kappa shape index (κ1) is 13.7. The van der Waals surface area contributed by atoms with Crippen molar-refractivity contribution >= 4 is 5.91 Å². The number of hydrogen-bond donors (Lipinski definition) is 1. The topological polar surface area (TPSA) is 49.0 Å². The average Bonchev–Trinajstić information content (AvgIpc) is 2.81. The maximum atomic E-state index is 11.9. The summed E-state index contributed by atoms with van der Waals surface area (Å²) in [7, 11) is 0. The van der Waals surface area contributed by atoms with Crippen LogP contribution in [0, 0.1) is 6.20 Å². The van der Waals surface area contributed by atoms with Crippen LogP contribution in [-0.2, 0) is 11.2 Å². The number of imidazole rings is 1. The molecule has 0 aromatic carbocycles. The Morgan fingerprint density at radius 2 is 2.12 bits per heavy atom. The maximum Gasteiger partial charge on any atom is 0.222 e. The van der Waals surface area contributed by atoms with E-state index in [0.29, 0.717) is 6.42 Å². The molecule has 0 aliphatic carbocycles. The molecule has 0 saturated heterocycles. The molecule has 1 amide bonds. The molecule has 1 N–H and O–H groups in total. The highest BCUT2D eigenvalue weighted by Gasteiger charge is 2.11. The molecule has 95 valence electrons. The SMILES string of the molecule is CCCN(CCC)C(=O)CCCc1n[c]c[nH]1. The highest BCUT2D eigenvalue weighted by molar-refractivity contribution is 5.76. The van der Waals surface area contributed by atoms with Crippen molar-refractivity contribution < 1.29 is 4.79 Å². The molecule has 0 aliphatic rings. The van der Waals surface area contributed by atoms with Crippen molar-refractivity contribution in [2.45, 2.75) is 46.0 Å². The van der Waals surface area contributed by atoms with Gasteiger partial charge in [0.2, 0.25) is 5.91 Å². The Morgan fingerprint density at radius 1 is 1.41 bits per heavy atom. The lowest BCUT2D eigenvalue weighted by molar-refractivity contribution is -0.131. The standard InChI is InChI=1S/C13H22N3O/c1-3-10-16(11-4-2)13(17)7-5-6-12-14-8-9-15-12/h8H,3-7,10-11H2,1-2H3,(H,14,15). The molecule has 0 fully saturated rings. The minimum absolute atomic E-state index is 0.268. The van der Waals surface area contributed by atoms with Gasteiger partial charge in [0.15, 0.2) is 0 Å². The van der Waals surface area contributed by atoms with Crippen LogP contribution in [0.2, 0.25) is 0 Å². The quantitative estimate of drug-likeness (QED) is 0.752. The number of nitrogens with one attached hydrogen (secondary N) is 1. The molecular weight excluding hydrogens is 214 g/mol. The second-order valence-corrected chi connectivity index (χ2v) is 4.21. The fourth-order valence-corrected chi connectivity index (χ4v) is 1.85. The van der Waals surface area contributed by atoms with Crippen LogP contribution in [0.5, 0.6) is 0 Å². The third-order valence-electron chi connectivity index (χ3n) is 2.65. The maximum absolute atomic E-state index is 11.9. The van der Waals surface area contributed by atoms with E-state index in [9.17, 15) is 4.79 Å². The predicted octanol–water partition coefficient (Wildman–Crippen LogP) is 2.18. The Morgan fingerprint density at radius 3 is 2.65 bits per heavy atom. The summed E-state index contributed by atoms with van der Waals surface area (Å²) in [6, 6.07) is 0. The molecule has 1 aromatic rings. The van der Waals surface area contributed by atoms with Gasteiger partial charge in [0.1, 0.15) is 12.0 Å². The first-order valence-corrected chi connectivity index (χ1v) is 6.46. The van der Waals surface area contributed by atoms with Crippen LogP contribution in [0.15, 0.2) is 6.20 Å². The Balaban J connectivity index is 2.26. The van der Waals surface area contributed by atoms with Gasteiger partial charge in [-0.25, -0.2) is 4.98 Å². The van der Waals surface area contributed by atoms with E-state index in [1.165, 1.54) is 0 Å². The normalized spacial score (nSPS) is 10.5. The van der Waals surface area contributed by atoms with Crippen molar-refractivity contribution in [1.82, 2.24) is 14.9 Å². The average molecular weight is 236 g/mol. The zero-order valence-electron chi connectivity index (χ0n) is 10.8. The van der Waals surface area contributed by atoms with Gasteiger partial charge in [-0.3, -0.25) is 4.79 Å². The molecule has 0 saturated carbocycles. The summed E-state index contributed by atoms with van der Waals surface area (Å²) in [4.78, 5) is 20.9. The van der Waals surface area contributed by atoms with Gasteiger partial charge in [-0.2, -0.15) is 0 Å². The van der Waals surface area contributed by atoms with Gasteiger partial charge >= 0.3 is 0 Å². The molecule has 1 aromatic heterocycles. The Bertz CT molecular complexity index is 302. The summed E-state index contributed by atoms with van der Waals surface area (Å²) in [5, 5.41) is 0. The molecule has 4 nitrogen and oxygen atoms in total. The molecule has 1 rings (SSSR count). The van der Waals surface area contributed by atoms with Crippen molar-refractivity contribution in [1.29, 1.82) is 0 Å². The van der Waals surface area contributed by atoms with Crippen molar-refractivity contribution in [3.8, 4) is 0 Å². The lowest BCUT2D eigenvalue weighted by Gasteiger charge is -2.21. The second kappa shape index (κ2) is 7.87. The highest BCUT2D eigenvalue weighted by Crippen LogP contribution is 2.04. The Hall–Kier alpha value is -1.32. The lowest BCUT2D eigenvalue weighted by atomic mass is 10.2. The summed E-state index contributed by atoms with van der Waals surface area (Å²) in [6.07, 6.45) is 8.76. The zero-order valence-corrected chi connectivity index (χ0v) is 10.8. The van der Waals surface area contributed by atoms with Crippen molar-refractivity contribution in [3.63, 3.8) is 0 Å². The van der Waals surface area contributed by atoms with E-state index in [0.717, 1.165) is 44.6 Å². The van der Waals surface area contributed by atoms with Crippen molar-refractivity contribution in [2.24, 2.45) is 0 Å². The van der Waals surface area contributed by atoms with Crippen molar-refractivity contribution in [3.05, 3.63) is 18.2 Å². The fraction of sp³-hybridized carbons (Fsp3) is 0.692. The smallest absolute Gasteiger partial charge is 0.222 e. The van der Waals surface area contributed by atoms with Crippen LogP contribution < -0.4 is 0 Å². The molecule has 17 heavy (non-hydrogen) atoms. The number of aryl methyl sites for hydroxylation is 1. The first-order chi connectivity index (χ1) is 8.27. The van der Waals surface area contributed by atoms with Crippen LogP contribution in [0.1, 0.15) is 45.4 Å². The summed E-state index contributed by atoms with van der Waals surface area (Å²) in [5.41, 5.74) is 0. The minimum atomic E-state index is 0.268. The molecule has 1 radical (unpaired) electrons. The number of carbonyl (C=O) groups is 1. The number of amides is 1. The number of aromatic nitrogens is 2. The van der Waals surface area contributed by atoms with Crippen molar-refractivity contribution in [2.75, 3.05) is 13.1 Å². The van der Waals surface area contributed by atoms with E-state index in [2.05, 4.69) is 30.0 Å². The predicted molar refractivity (Wildman–Crippen MR) is 67.5 cm³/mol. The van der Waals surface area contributed by atoms with Crippen LogP contribution >= 0.6 is 0 Å². The van der Waals surface area contributed by atoms with Crippen LogP contribution in [0.4, 0.5) is 0 Å². The Labute approximate surface area is 103 Å². The second-order valence-electron chi connectivity index (χ2n) is 4.21. The summed E-state index contributed by atoms with van der Waals surface area (Å²) in [5.74, 6) is 1.18. The van der Waals surface area contributed by atoms with Crippen LogP contribution in [0.25, 0.3) is 0 Å². The van der Waals surface area contributed by atoms with E-state index in [1.54, 1.807) is 6.20 Å². The summed E-state index contributed by atoms with van der Waals surface area (Å²) < 4.78 is 0. The van der Waals surface area contributed by atoms with Gasteiger partial charge in [-0.15, -0.1) is 0 Å². The van der Waals surface area contributed by atoms with Gasteiger partial charge in [-0.05, 0) is 19.3 Å². The largest absolute Gasteiger partial charge is 0.348 e. The molecule has 4 heteroatoms. The molecular formula is C13H22N3O. The third-order valence-corrected chi connectivity index (χ3v) is 2.65. The molecule has 0 bridgehead atoms. The fourth-order valence-electron chi connectivity index (χ4n) is 1.85. The monoisotopic (exact) mass is 236 g/mol. The van der Waals surface area contributed by atoms with Crippen LogP contribution in [-0.4, -0.2) is 33.9 Å². The molecule has 0 spiro atoms. The van der Waals surface area contributed by atoms with Gasteiger partial charge in [0.25, 0.3) is 0 Å². The van der Waals surface area contributed by atoms with E-state index in [-0.39, 0.29) is 5.91 Å². The molecule has 0 unspecified atom stereocenters. The molecule has 0 atom stereocenters. The van der Waals surface area contributed by atoms with Crippen LogP contribution in [0.3, 0.4) is 0 Å². The minimum Gasteiger partial charge on any atom is -0.348 e. The number of aromatic amines is 1. The number of hydrogen-bond acceptors (Lipinski definition) is 2. The number of H-pyrrole nitrogens is 1. The van der Waals surface area contributed by atoms with Gasteiger partial charge in [-0.1, -0.05) is 13.8 Å². The Kier molecular flexibility index (Phi) is 6.37. The van der Waals surface area contributed by atoms with E-state index >= 15 is 0 Å².